The third-order valence-corrected chi connectivity index (χ3v) is 4.30. The Kier molecular flexibility index (Phi) is 5.14. The SMILES string of the molecule is C#CCN(CC=CC)S(=O)(=O)c1ccc(C)cc1. The van der Waals surface area contributed by atoms with Crippen LogP contribution in [0.5, 0.6) is 0 Å². The van der Waals surface area contributed by atoms with Gasteiger partial charge in [0.2, 0.25) is 10.0 Å². The Labute approximate surface area is 109 Å². The summed E-state index contributed by atoms with van der Waals surface area (Å²) in [4.78, 5) is 0.271. The van der Waals surface area contributed by atoms with Crippen LogP contribution >= 0.6 is 0 Å². The summed E-state index contributed by atoms with van der Waals surface area (Å²) in [5, 5.41) is 0. The summed E-state index contributed by atoms with van der Waals surface area (Å²) in [6.07, 6.45) is 8.79. The van der Waals surface area contributed by atoms with Crippen LogP contribution in [0, 0.1) is 19.3 Å². The zero-order valence-corrected chi connectivity index (χ0v) is 11.4. The highest BCUT2D eigenvalue weighted by atomic mass is 32.2. The molecule has 0 aliphatic rings. The third kappa shape index (κ3) is 3.46. The highest BCUT2D eigenvalue weighted by molar-refractivity contribution is 7.89. The van der Waals surface area contributed by atoms with Gasteiger partial charge in [0.25, 0.3) is 0 Å². The van der Waals surface area contributed by atoms with E-state index < -0.39 is 10.0 Å². The fourth-order valence-corrected chi connectivity index (χ4v) is 2.74. The summed E-state index contributed by atoms with van der Waals surface area (Å²) in [6.45, 7) is 4.11. The molecule has 4 heteroatoms. The lowest BCUT2D eigenvalue weighted by atomic mass is 10.2. The molecule has 0 radical (unpaired) electrons. The summed E-state index contributed by atoms with van der Waals surface area (Å²) in [5.41, 5.74) is 1.02. The van der Waals surface area contributed by atoms with Crippen molar-refractivity contribution in [1.82, 2.24) is 4.31 Å². The molecule has 1 rings (SSSR count). The lowest BCUT2D eigenvalue weighted by Gasteiger charge is -2.18. The maximum atomic E-state index is 12.3. The Morgan fingerprint density at radius 2 is 1.94 bits per heavy atom. The maximum Gasteiger partial charge on any atom is 0.244 e. The molecule has 0 fully saturated rings. The molecular weight excluding hydrogens is 246 g/mol. The van der Waals surface area contributed by atoms with E-state index in [-0.39, 0.29) is 18.0 Å². The molecule has 0 heterocycles. The number of terminal acetylenes is 1. The van der Waals surface area contributed by atoms with Gasteiger partial charge in [-0.25, -0.2) is 8.42 Å². The minimum absolute atomic E-state index is 0.0700. The van der Waals surface area contributed by atoms with Gasteiger partial charge in [0.05, 0.1) is 11.4 Å². The molecule has 0 aromatic heterocycles. The summed E-state index contributed by atoms with van der Waals surface area (Å²) >= 11 is 0. The molecule has 0 atom stereocenters. The largest absolute Gasteiger partial charge is 0.244 e. The van der Waals surface area contributed by atoms with E-state index in [1.54, 1.807) is 36.4 Å². The average molecular weight is 263 g/mol. The number of hydrogen-bond donors (Lipinski definition) is 0. The second-order valence-electron chi connectivity index (χ2n) is 3.88. The first-order chi connectivity index (χ1) is 8.52. The zero-order chi connectivity index (χ0) is 13.6. The van der Waals surface area contributed by atoms with E-state index in [4.69, 9.17) is 6.42 Å². The van der Waals surface area contributed by atoms with E-state index in [9.17, 15) is 8.42 Å². The molecule has 18 heavy (non-hydrogen) atoms. The second kappa shape index (κ2) is 6.39. The van der Waals surface area contributed by atoms with E-state index in [1.807, 2.05) is 13.8 Å². The van der Waals surface area contributed by atoms with Crippen molar-refractivity contribution in [2.45, 2.75) is 18.7 Å². The van der Waals surface area contributed by atoms with Crippen LogP contribution < -0.4 is 0 Å². The molecule has 0 saturated heterocycles. The van der Waals surface area contributed by atoms with Crippen molar-refractivity contribution in [3.05, 3.63) is 42.0 Å². The van der Waals surface area contributed by atoms with Crippen molar-refractivity contribution in [1.29, 1.82) is 0 Å². The van der Waals surface area contributed by atoms with Crippen molar-refractivity contribution in [3.63, 3.8) is 0 Å². The van der Waals surface area contributed by atoms with Crippen LogP contribution in [0.1, 0.15) is 12.5 Å². The van der Waals surface area contributed by atoms with Crippen LogP contribution in [0.4, 0.5) is 0 Å². The number of hydrogen-bond acceptors (Lipinski definition) is 2. The van der Waals surface area contributed by atoms with Gasteiger partial charge in [0.1, 0.15) is 0 Å². The minimum atomic E-state index is -3.51. The quantitative estimate of drug-likeness (QED) is 0.603. The number of allylic oxidation sites excluding steroid dienone is 1. The summed E-state index contributed by atoms with van der Waals surface area (Å²) in [6, 6.07) is 6.75. The monoisotopic (exact) mass is 263 g/mol. The smallest absolute Gasteiger partial charge is 0.207 e. The van der Waals surface area contributed by atoms with Gasteiger partial charge in [-0.15, -0.1) is 6.42 Å². The van der Waals surface area contributed by atoms with Crippen LogP contribution in [0.25, 0.3) is 0 Å². The van der Waals surface area contributed by atoms with E-state index in [0.29, 0.717) is 0 Å². The topological polar surface area (TPSA) is 37.4 Å². The first-order valence-electron chi connectivity index (χ1n) is 5.64. The molecule has 0 saturated carbocycles. The van der Waals surface area contributed by atoms with Gasteiger partial charge in [-0.05, 0) is 26.0 Å². The van der Waals surface area contributed by atoms with Gasteiger partial charge in [0, 0.05) is 6.54 Å². The van der Waals surface area contributed by atoms with E-state index >= 15 is 0 Å². The highest BCUT2D eigenvalue weighted by Crippen LogP contribution is 2.16. The van der Waals surface area contributed by atoms with E-state index in [0.717, 1.165) is 5.56 Å². The van der Waals surface area contributed by atoms with Crippen molar-refractivity contribution in [2.24, 2.45) is 0 Å². The lowest BCUT2D eigenvalue weighted by Crippen LogP contribution is -2.31. The lowest BCUT2D eigenvalue weighted by molar-refractivity contribution is 0.478. The number of sulfonamides is 1. The molecule has 0 aliphatic heterocycles. The van der Waals surface area contributed by atoms with Crippen molar-refractivity contribution < 1.29 is 8.42 Å². The predicted molar refractivity (Wildman–Crippen MR) is 73.6 cm³/mol. The molecule has 0 unspecified atom stereocenters. The van der Waals surface area contributed by atoms with Crippen molar-refractivity contribution >= 4 is 10.0 Å². The average Bonchev–Trinajstić information content (AvgIpc) is 2.35. The van der Waals surface area contributed by atoms with Crippen molar-refractivity contribution in [3.8, 4) is 12.3 Å². The summed E-state index contributed by atoms with van der Waals surface area (Å²) < 4.78 is 25.9. The Morgan fingerprint density at radius 3 is 2.44 bits per heavy atom. The Bertz CT molecular complexity index is 550. The normalized spacial score (nSPS) is 11.9. The molecular formula is C14H17NO2S. The molecule has 96 valence electrons. The molecule has 3 nitrogen and oxygen atoms in total. The van der Waals surface area contributed by atoms with Crippen LogP contribution in [0.2, 0.25) is 0 Å². The van der Waals surface area contributed by atoms with Crippen LogP contribution in [-0.2, 0) is 10.0 Å². The minimum Gasteiger partial charge on any atom is -0.207 e. The van der Waals surface area contributed by atoms with Gasteiger partial charge < -0.3 is 0 Å². The fraction of sp³-hybridized carbons (Fsp3) is 0.286. The summed E-state index contributed by atoms with van der Waals surface area (Å²) in [7, 11) is -3.51. The molecule has 0 spiro atoms. The molecule has 0 N–H and O–H groups in total. The van der Waals surface area contributed by atoms with Gasteiger partial charge in [-0.2, -0.15) is 4.31 Å². The summed E-state index contributed by atoms with van der Waals surface area (Å²) in [5.74, 6) is 2.38. The molecule has 1 aromatic carbocycles. The fourth-order valence-electron chi connectivity index (χ4n) is 1.43. The molecule has 0 bridgehead atoms. The standard InChI is InChI=1S/C14H17NO2S/c1-4-6-12-15(11-5-2)18(16,17)14-9-7-13(3)8-10-14/h2,4,6-10H,11-12H2,1,3H3. The van der Waals surface area contributed by atoms with E-state index in [2.05, 4.69) is 5.92 Å². The molecule has 0 aliphatic carbocycles. The van der Waals surface area contributed by atoms with Gasteiger partial charge in [-0.1, -0.05) is 35.8 Å². The van der Waals surface area contributed by atoms with Gasteiger partial charge in [-0.3, -0.25) is 0 Å². The Morgan fingerprint density at radius 1 is 1.33 bits per heavy atom. The zero-order valence-electron chi connectivity index (χ0n) is 10.6. The number of aryl methyl sites for hydroxylation is 1. The highest BCUT2D eigenvalue weighted by Gasteiger charge is 2.22. The Hall–Kier alpha value is -1.57. The van der Waals surface area contributed by atoms with Crippen LogP contribution in [-0.4, -0.2) is 25.8 Å². The Balaban J connectivity index is 3.08. The predicted octanol–water partition coefficient (Wildman–Crippen LogP) is 2.20. The van der Waals surface area contributed by atoms with Gasteiger partial charge >= 0.3 is 0 Å². The number of benzene rings is 1. The number of nitrogens with zero attached hydrogens (tertiary/aromatic N) is 1. The number of rotatable bonds is 5. The maximum absolute atomic E-state index is 12.3. The third-order valence-electron chi connectivity index (χ3n) is 2.47. The second-order valence-corrected chi connectivity index (χ2v) is 5.82. The van der Waals surface area contributed by atoms with Crippen LogP contribution in [0.3, 0.4) is 0 Å². The first kappa shape index (κ1) is 14.5. The molecule has 0 amide bonds. The van der Waals surface area contributed by atoms with E-state index in [1.165, 1.54) is 4.31 Å². The van der Waals surface area contributed by atoms with Crippen LogP contribution in [0.15, 0.2) is 41.3 Å². The van der Waals surface area contributed by atoms with Crippen molar-refractivity contribution in [2.75, 3.05) is 13.1 Å². The first-order valence-corrected chi connectivity index (χ1v) is 7.08. The van der Waals surface area contributed by atoms with Gasteiger partial charge in [0.15, 0.2) is 0 Å². The molecule has 1 aromatic rings.